The average Bonchev–Trinajstić information content (AvgIpc) is 3.04. The third-order valence-electron chi connectivity index (χ3n) is 3.79. The standard InChI is InChI=1S/C16H14N4/c1-10-4-3-5-14-15(10)19-16(20(14)2)11-6-7-12-13(8-11)18-9-17-12/h3-9H,1-2H3,(H,17,18). The van der Waals surface area contributed by atoms with E-state index in [1.54, 1.807) is 6.33 Å². The number of aromatic nitrogens is 4. The molecule has 0 aliphatic heterocycles. The zero-order chi connectivity index (χ0) is 13.7. The van der Waals surface area contributed by atoms with Crippen molar-refractivity contribution in [3.05, 3.63) is 48.3 Å². The zero-order valence-corrected chi connectivity index (χ0v) is 11.4. The number of imidazole rings is 2. The Hall–Kier alpha value is -2.62. The fourth-order valence-electron chi connectivity index (χ4n) is 2.68. The molecule has 0 unspecified atom stereocenters. The number of hydrogen-bond acceptors (Lipinski definition) is 2. The second kappa shape index (κ2) is 3.93. The Bertz CT molecular complexity index is 930. The van der Waals surface area contributed by atoms with Crippen molar-refractivity contribution in [1.82, 2.24) is 19.5 Å². The molecule has 0 aliphatic rings. The molecule has 2 aromatic heterocycles. The average molecular weight is 262 g/mol. The molecule has 0 bridgehead atoms. The van der Waals surface area contributed by atoms with Crippen LogP contribution in [0.25, 0.3) is 33.5 Å². The number of benzene rings is 2. The number of para-hydroxylation sites is 1. The minimum Gasteiger partial charge on any atom is -0.345 e. The van der Waals surface area contributed by atoms with E-state index in [1.165, 1.54) is 5.56 Å². The summed E-state index contributed by atoms with van der Waals surface area (Å²) in [5.41, 5.74) is 6.51. The van der Waals surface area contributed by atoms with Gasteiger partial charge in [0, 0.05) is 12.6 Å². The summed E-state index contributed by atoms with van der Waals surface area (Å²) in [4.78, 5) is 12.2. The molecule has 20 heavy (non-hydrogen) atoms. The van der Waals surface area contributed by atoms with Gasteiger partial charge in [0.05, 0.1) is 28.4 Å². The molecule has 0 spiro atoms. The van der Waals surface area contributed by atoms with Gasteiger partial charge in [-0.2, -0.15) is 0 Å². The maximum atomic E-state index is 4.80. The maximum absolute atomic E-state index is 4.80. The van der Waals surface area contributed by atoms with Crippen molar-refractivity contribution >= 4 is 22.1 Å². The van der Waals surface area contributed by atoms with Gasteiger partial charge in [-0.1, -0.05) is 12.1 Å². The van der Waals surface area contributed by atoms with Gasteiger partial charge in [0.1, 0.15) is 5.82 Å². The number of aromatic amines is 1. The Morgan fingerprint density at radius 2 is 2.05 bits per heavy atom. The van der Waals surface area contributed by atoms with E-state index in [0.717, 1.165) is 33.5 Å². The van der Waals surface area contributed by atoms with E-state index in [-0.39, 0.29) is 0 Å². The number of aryl methyl sites for hydroxylation is 2. The van der Waals surface area contributed by atoms with Crippen LogP contribution in [0.5, 0.6) is 0 Å². The number of nitrogens with zero attached hydrogens (tertiary/aromatic N) is 3. The van der Waals surface area contributed by atoms with E-state index in [1.807, 2.05) is 6.07 Å². The topological polar surface area (TPSA) is 46.5 Å². The second-order valence-electron chi connectivity index (χ2n) is 5.07. The molecule has 0 fully saturated rings. The Balaban J connectivity index is 2.01. The quantitative estimate of drug-likeness (QED) is 0.571. The minimum absolute atomic E-state index is 0.964. The zero-order valence-electron chi connectivity index (χ0n) is 11.4. The van der Waals surface area contributed by atoms with Gasteiger partial charge in [0.15, 0.2) is 0 Å². The van der Waals surface area contributed by atoms with Crippen molar-refractivity contribution in [2.75, 3.05) is 0 Å². The van der Waals surface area contributed by atoms with Gasteiger partial charge < -0.3 is 9.55 Å². The van der Waals surface area contributed by atoms with Crippen LogP contribution in [0.3, 0.4) is 0 Å². The molecule has 0 aliphatic carbocycles. The molecule has 0 amide bonds. The van der Waals surface area contributed by atoms with E-state index >= 15 is 0 Å². The lowest BCUT2D eigenvalue weighted by Gasteiger charge is -2.02. The van der Waals surface area contributed by atoms with E-state index in [2.05, 4.69) is 58.8 Å². The molecule has 4 heteroatoms. The fraction of sp³-hybridized carbons (Fsp3) is 0.125. The van der Waals surface area contributed by atoms with Gasteiger partial charge in [-0.25, -0.2) is 9.97 Å². The van der Waals surface area contributed by atoms with Crippen molar-refractivity contribution in [3.8, 4) is 11.4 Å². The Morgan fingerprint density at radius 1 is 1.15 bits per heavy atom. The van der Waals surface area contributed by atoms with E-state index in [4.69, 9.17) is 4.98 Å². The number of H-pyrrole nitrogens is 1. The van der Waals surface area contributed by atoms with Crippen LogP contribution in [-0.4, -0.2) is 19.5 Å². The summed E-state index contributed by atoms with van der Waals surface area (Å²) in [6.07, 6.45) is 1.72. The lowest BCUT2D eigenvalue weighted by molar-refractivity contribution is 0.960. The van der Waals surface area contributed by atoms with Crippen LogP contribution in [0.4, 0.5) is 0 Å². The SMILES string of the molecule is Cc1cccc2c1nc(-c1ccc3[nH]cnc3c1)n2C. The first-order chi connectivity index (χ1) is 9.74. The highest BCUT2D eigenvalue weighted by Crippen LogP contribution is 2.27. The minimum atomic E-state index is 0.964. The predicted molar refractivity (Wildman–Crippen MR) is 80.5 cm³/mol. The lowest BCUT2D eigenvalue weighted by Crippen LogP contribution is -1.92. The first-order valence-electron chi connectivity index (χ1n) is 6.59. The van der Waals surface area contributed by atoms with E-state index in [9.17, 15) is 0 Å². The summed E-state index contributed by atoms with van der Waals surface area (Å²) < 4.78 is 2.14. The van der Waals surface area contributed by atoms with Crippen molar-refractivity contribution in [1.29, 1.82) is 0 Å². The summed E-state index contributed by atoms with van der Waals surface area (Å²) in [5.74, 6) is 0.971. The van der Waals surface area contributed by atoms with Gasteiger partial charge in [0.25, 0.3) is 0 Å². The number of hydrogen-bond donors (Lipinski definition) is 1. The van der Waals surface area contributed by atoms with Crippen molar-refractivity contribution in [2.24, 2.45) is 7.05 Å². The largest absolute Gasteiger partial charge is 0.345 e. The van der Waals surface area contributed by atoms with Gasteiger partial charge in [-0.3, -0.25) is 0 Å². The van der Waals surface area contributed by atoms with Crippen molar-refractivity contribution < 1.29 is 0 Å². The van der Waals surface area contributed by atoms with Crippen LogP contribution in [0, 0.1) is 6.92 Å². The van der Waals surface area contributed by atoms with Gasteiger partial charge in [-0.05, 0) is 36.8 Å². The monoisotopic (exact) mass is 262 g/mol. The molecule has 0 radical (unpaired) electrons. The molecule has 0 atom stereocenters. The Kier molecular flexibility index (Phi) is 2.21. The first kappa shape index (κ1) is 11.2. The molecule has 2 heterocycles. The molecule has 0 saturated heterocycles. The molecular weight excluding hydrogens is 248 g/mol. The molecule has 1 N–H and O–H groups in total. The Labute approximate surface area is 116 Å². The van der Waals surface area contributed by atoms with E-state index in [0.29, 0.717) is 0 Å². The van der Waals surface area contributed by atoms with Crippen LogP contribution >= 0.6 is 0 Å². The van der Waals surface area contributed by atoms with Crippen LogP contribution in [0.2, 0.25) is 0 Å². The predicted octanol–water partition coefficient (Wildman–Crippen LogP) is 3.43. The molecule has 2 aromatic carbocycles. The molecule has 0 saturated carbocycles. The van der Waals surface area contributed by atoms with E-state index < -0.39 is 0 Å². The summed E-state index contributed by atoms with van der Waals surface area (Å²) in [5, 5.41) is 0. The number of rotatable bonds is 1. The lowest BCUT2D eigenvalue weighted by atomic mass is 10.2. The van der Waals surface area contributed by atoms with Gasteiger partial charge in [-0.15, -0.1) is 0 Å². The van der Waals surface area contributed by atoms with Crippen LogP contribution in [-0.2, 0) is 7.05 Å². The second-order valence-corrected chi connectivity index (χ2v) is 5.07. The first-order valence-corrected chi connectivity index (χ1v) is 6.59. The van der Waals surface area contributed by atoms with Gasteiger partial charge >= 0.3 is 0 Å². The summed E-state index contributed by atoms with van der Waals surface area (Å²) in [6, 6.07) is 12.5. The summed E-state index contributed by atoms with van der Waals surface area (Å²) >= 11 is 0. The van der Waals surface area contributed by atoms with Crippen LogP contribution in [0.15, 0.2) is 42.7 Å². The van der Waals surface area contributed by atoms with Crippen LogP contribution in [0.1, 0.15) is 5.56 Å². The van der Waals surface area contributed by atoms with Crippen LogP contribution < -0.4 is 0 Å². The molecular formula is C16H14N4. The van der Waals surface area contributed by atoms with Gasteiger partial charge in [0.2, 0.25) is 0 Å². The highest BCUT2D eigenvalue weighted by Gasteiger charge is 2.11. The Morgan fingerprint density at radius 3 is 2.90 bits per heavy atom. The fourth-order valence-corrected chi connectivity index (χ4v) is 2.68. The number of nitrogens with one attached hydrogen (secondary N) is 1. The number of fused-ring (bicyclic) bond motifs is 2. The molecule has 98 valence electrons. The third-order valence-corrected chi connectivity index (χ3v) is 3.79. The summed E-state index contributed by atoms with van der Waals surface area (Å²) in [6.45, 7) is 2.09. The highest BCUT2D eigenvalue weighted by atomic mass is 15.1. The highest BCUT2D eigenvalue weighted by molar-refractivity contribution is 5.86. The molecule has 4 nitrogen and oxygen atoms in total. The smallest absolute Gasteiger partial charge is 0.140 e. The molecule has 4 aromatic rings. The van der Waals surface area contributed by atoms with Crippen molar-refractivity contribution in [2.45, 2.75) is 6.92 Å². The summed E-state index contributed by atoms with van der Waals surface area (Å²) in [7, 11) is 2.05. The third kappa shape index (κ3) is 1.48. The van der Waals surface area contributed by atoms with Crippen molar-refractivity contribution in [3.63, 3.8) is 0 Å². The molecule has 4 rings (SSSR count). The normalized spacial score (nSPS) is 11.5. The maximum Gasteiger partial charge on any atom is 0.140 e.